The molecule has 2 aromatic heterocycles. The van der Waals surface area contributed by atoms with E-state index >= 15 is 4.39 Å². The molecule has 0 aliphatic carbocycles. The standard InChI is InChI=1S/C32H41ClFN6O6PS/c1-19(30(42)43-16-31(3,4)5)38-47(48,46-23-14-10-12-21-11-8-9-13-22(21)23)44-17-32(15-33)26(41)24(34)29(45-32)40-18-35-25-27(39(6)7)36-20(2)37-28(25)40/h8-14,18-19,24,26,29,41H,15-17H2,1-7H3,(H,38,48)/t19-,24-,26+,29-,32-,47-/m1/s1. The van der Waals surface area contributed by atoms with E-state index in [-0.39, 0.29) is 17.9 Å². The largest absolute Gasteiger partial charge is 0.464 e. The zero-order chi connectivity index (χ0) is 35.0. The topological polar surface area (TPSA) is 133 Å². The Morgan fingerprint density at radius 3 is 2.65 bits per heavy atom. The number of ether oxygens (including phenoxy) is 2. The second kappa shape index (κ2) is 14.1. The van der Waals surface area contributed by atoms with Crippen molar-refractivity contribution in [1.82, 2.24) is 24.6 Å². The Morgan fingerprint density at radius 1 is 1.25 bits per heavy atom. The number of hydrogen-bond acceptors (Lipinski definition) is 11. The van der Waals surface area contributed by atoms with Crippen LogP contribution in [-0.4, -0.2) is 87.7 Å². The number of anilines is 1. The lowest BCUT2D eigenvalue weighted by Gasteiger charge is -2.33. The number of imidazole rings is 1. The molecule has 1 fully saturated rings. The molecule has 2 aromatic carbocycles. The van der Waals surface area contributed by atoms with Crippen LogP contribution in [0.25, 0.3) is 21.9 Å². The second-order valence-electron chi connectivity index (χ2n) is 13.3. The Balaban J connectivity index is 1.44. The molecule has 5 rings (SSSR count). The summed E-state index contributed by atoms with van der Waals surface area (Å²) in [5.74, 6) is 0.483. The highest BCUT2D eigenvalue weighted by molar-refractivity contribution is 8.09. The van der Waals surface area contributed by atoms with E-state index in [1.165, 1.54) is 10.9 Å². The number of nitrogens with one attached hydrogen (secondary N) is 1. The van der Waals surface area contributed by atoms with Crippen molar-refractivity contribution in [2.75, 3.05) is 38.1 Å². The first kappa shape index (κ1) is 36.3. The summed E-state index contributed by atoms with van der Waals surface area (Å²) in [4.78, 5) is 28.1. The molecule has 0 amide bonds. The number of aliphatic hydroxyl groups is 1. The van der Waals surface area contributed by atoms with E-state index in [4.69, 9.17) is 41.9 Å². The molecule has 1 aliphatic heterocycles. The maximum atomic E-state index is 16.0. The molecule has 16 heteroatoms. The van der Waals surface area contributed by atoms with E-state index in [1.807, 2.05) is 71.3 Å². The number of hydrogen-bond donors (Lipinski definition) is 2. The van der Waals surface area contributed by atoms with Gasteiger partial charge in [0, 0.05) is 19.5 Å². The van der Waals surface area contributed by atoms with Crippen LogP contribution in [0.15, 0.2) is 48.8 Å². The van der Waals surface area contributed by atoms with Gasteiger partial charge in [-0.1, -0.05) is 57.2 Å². The normalized spacial score (nSPS) is 23.2. The smallest absolute Gasteiger partial charge is 0.323 e. The van der Waals surface area contributed by atoms with E-state index in [1.54, 1.807) is 24.8 Å². The second-order valence-corrected chi connectivity index (χ2v) is 16.7. The lowest BCUT2D eigenvalue weighted by Crippen LogP contribution is -2.48. The third kappa shape index (κ3) is 7.60. The minimum absolute atomic E-state index is 0.184. The minimum Gasteiger partial charge on any atom is -0.464 e. The summed E-state index contributed by atoms with van der Waals surface area (Å²) < 4.78 is 41.8. The highest BCUT2D eigenvalue weighted by Gasteiger charge is 2.57. The molecule has 4 aromatic rings. The molecule has 3 heterocycles. The van der Waals surface area contributed by atoms with Gasteiger partial charge >= 0.3 is 12.6 Å². The Labute approximate surface area is 289 Å². The van der Waals surface area contributed by atoms with Gasteiger partial charge in [-0.05, 0) is 42.5 Å². The summed E-state index contributed by atoms with van der Waals surface area (Å²) in [5, 5.41) is 16.0. The van der Waals surface area contributed by atoms with Crippen molar-refractivity contribution in [2.45, 2.75) is 64.8 Å². The first-order valence-electron chi connectivity index (χ1n) is 15.4. The number of esters is 1. The predicted molar refractivity (Wildman–Crippen MR) is 187 cm³/mol. The van der Waals surface area contributed by atoms with Crippen LogP contribution in [0.2, 0.25) is 0 Å². The number of benzene rings is 2. The van der Waals surface area contributed by atoms with Gasteiger partial charge in [0.05, 0.1) is 25.4 Å². The molecule has 2 N–H and O–H groups in total. The Morgan fingerprint density at radius 2 is 1.96 bits per heavy atom. The highest BCUT2D eigenvalue weighted by Crippen LogP contribution is 2.50. The van der Waals surface area contributed by atoms with Crippen molar-refractivity contribution < 1.29 is 32.8 Å². The van der Waals surface area contributed by atoms with Crippen LogP contribution in [-0.2, 0) is 30.6 Å². The number of aromatic nitrogens is 4. The number of carbonyl (C=O) groups is 1. The molecule has 12 nitrogen and oxygen atoms in total. The van der Waals surface area contributed by atoms with E-state index in [0.29, 0.717) is 28.6 Å². The summed E-state index contributed by atoms with van der Waals surface area (Å²) >= 11 is 12.4. The van der Waals surface area contributed by atoms with Crippen LogP contribution in [0.5, 0.6) is 5.75 Å². The van der Waals surface area contributed by atoms with Crippen LogP contribution in [0, 0.1) is 12.3 Å². The number of fused-ring (bicyclic) bond motifs is 2. The molecule has 1 saturated heterocycles. The average Bonchev–Trinajstić information content (AvgIpc) is 3.56. The van der Waals surface area contributed by atoms with Gasteiger partial charge in [-0.2, -0.15) is 0 Å². The van der Waals surface area contributed by atoms with E-state index in [9.17, 15) is 9.90 Å². The molecule has 0 unspecified atom stereocenters. The summed E-state index contributed by atoms with van der Waals surface area (Å²) in [6, 6.07) is 12.1. The van der Waals surface area contributed by atoms with Crippen LogP contribution < -0.4 is 14.5 Å². The summed E-state index contributed by atoms with van der Waals surface area (Å²) in [5.41, 5.74) is -1.26. The maximum Gasteiger partial charge on any atom is 0.323 e. The Kier molecular flexibility index (Phi) is 10.7. The van der Waals surface area contributed by atoms with Gasteiger partial charge in [-0.3, -0.25) is 9.36 Å². The first-order valence-corrected chi connectivity index (χ1v) is 18.5. The maximum absolute atomic E-state index is 16.0. The van der Waals surface area contributed by atoms with Crippen LogP contribution in [0.1, 0.15) is 39.7 Å². The molecular weight excluding hydrogens is 682 g/mol. The molecule has 1 aliphatic rings. The van der Waals surface area contributed by atoms with E-state index in [2.05, 4.69) is 20.0 Å². The van der Waals surface area contributed by atoms with Gasteiger partial charge in [0.25, 0.3) is 0 Å². The lowest BCUT2D eigenvalue weighted by atomic mass is 9.99. The fraction of sp³-hybridized carbons (Fsp3) is 0.500. The van der Waals surface area contributed by atoms with Crippen molar-refractivity contribution in [2.24, 2.45) is 5.41 Å². The number of rotatable bonds is 12. The van der Waals surface area contributed by atoms with E-state index in [0.717, 1.165) is 10.8 Å². The minimum atomic E-state index is -3.65. The van der Waals surface area contributed by atoms with Crippen molar-refractivity contribution in [3.8, 4) is 5.75 Å². The van der Waals surface area contributed by atoms with Gasteiger partial charge in [0.2, 0.25) is 0 Å². The fourth-order valence-corrected chi connectivity index (χ4v) is 7.94. The summed E-state index contributed by atoms with van der Waals surface area (Å²) in [7, 11) is 3.63. The van der Waals surface area contributed by atoms with Gasteiger partial charge in [-0.15, -0.1) is 11.6 Å². The predicted octanol–water partition coefficient (Wildman–Crippen LogP) is 5.45. The molecule has 0 saturated carbocycles. The number of halogens is 2. The zero-order valence-corrected chi connectivity index (χ0v) is 30.4. The molecule has 0 spiro atoms. The van der Waals surface area contributed by atoms with Crippen LogP contribution >= 0.6 is 18.2 Å². The third-order valence-electron chi connectivity index (χ3n) is 7.71. The SMILES string of the molecule is Cc1nc(N(C)C)c2ncn([C@@H]3O[C@](CCl)(CO[P@](=S)(N[C@H](C)C(=O)OCC(C)(C)C)Oc4cccc5ccccc45)[C@@H](O)[C@H]3F)c2n1. The molecule has 260 valence electrons. The van der Waals surface area contributed by atoms with Crippen molar-refractivity contribution in [3.63, 3.8) is 0 Å². The molecular formula is C32H41ClFN6O6PS. The number of nitrogens with zero attached hydrogens (tertiary/aromatic N) is 5. The van der Waals surface area contributed by atoms with Crippen LogP contribution in [0.4, 0.5) is 10.2 Å². The summed E-state index contributed by atoms with van der Waals surface area (Å²) in [6.45, 7) is 5.20. The van der Waals surface area contributed by atoms with Gasteiger partial charge in [0.15, 0.2) is 29.4 Å². The molecule has 0 radical (unpaired) electrons. The summed E-state index contributed by atoms with van der Waals surface area (Å²) in [6.07, 6.45) is -3.64. The number of aliphatic hydroxyl groups excluding tert-OH is 1. The Bertz CT molecular complexity index is 1840. The number of alkyl halides is 2. The zero-order valence-electron chi connectivity index (χ0n) is 27.9. The number of aryl methyl sites for hydroxylation is 1. The average molecular weight is 723 g/mol. The van der Waals surface area contributed by atoms with Gasteiger partial charge in [0.1, 0.15) is 29.3 Å². The highest BCUT2D eigenvalue weighted by atomic mass is 35.5. The first-order chi connectivity index (χ1) is 22.6. The lowest BCUT2D eigenvalue weighted by molar-refractivity contribution is -0.148. The third-order valence-corrected chi connectivity index (χ3v) is 10.6. The Hall–Kier alpha value is -2.97. The molecule has 0 bridgehead atoms. The van der Waals surface area contributed by atoms with Crippen molar-refractivity contribution >= 4 is 63.8 Å². The fourth-order valence-electron chi connectivity index (χ4n) is 5.20. The van der Waals surface area contributed by atoms with Crippen molar-refractivity contribution in [1.29, 1.82) is 0 Å². The monoisotopic (exact) mass is 722 g/mol. The van der Waals surface area contributed by atoms with Gasteiger partial charge in [-0.25, -0.2) is 24.4 Å². The molecule has 48 heavy (non-hydrogen) atoms. The van der Waals surface area contributed by atoms with Crippen molar-refractivity contribution in [3.05, 3.63) is 54.6 Å². The van der Waals surface area contributed by atoms with E-state index < -0.39 is 49.4 Å². The quantitative estimate of drug-likeness (QED) is 0.110. The molecule has 6 atom stereocenters. The van der Waals surface area contributed by atoms with Crippen LogP contribution in [0.3, 0.4) is 0 Å². The number of carbonyl (C=O) groups excluding carboxylic acids is 1. The van der Waals surface area contributed by atoms with Gasteiger partial charge < -0.3 is 28.5 Å².